The van der Waals surface area contributed by atoms with Crippen molar-refractivity contribution in [2.75, 3.05) is 19.7 Å². The minimum absolute atomic E-state index is 0.911. The topological polar surface area (TPSA) is 21.3 Å². The van der Waals surface area contributed by atoms with Crippen molar-refractivity contribution in [3.05, 3.63) is 11.8 Å². The third kappa shape index (κ3) is 2.73. The van der Waals surface area contributed by atoms with E-state index in [0.717, 1.165) is 12.5 Å². The van der Waals surface area contributed by atoms with Crippen molar-refractivity contribution in [3.63, 3.8) is 0 Å². The van der Waals surface area contributed by atoms with Gasteiger partial charge in [-0.25, -0.2) is 0 Å². The Hall–Kier alpha value is -0.500. The Morgan fingerprint density at radius 3 is 2.92 bits per heavy atom. The zero-order chi connectivity index (χ0) is 8.93. The van der Waals surface area contributed by atoms with Crippen LogP contribution >= 0.6 is 0 Å². The molecule has 2 aliphatic heterocycles. The van der Waals surface area contributed by atoms with Gasteiger partial charge in [0.2, 0.25) is 0 Å². The normalized spacial score (nSPS) is 25.1. The summed E-state index contributed by atoms with van der Waals surface area (Å²) in [5.41, 5.74) is 1.54. The van der Waals surface area contributed by atoms with Crippen LogP contribution in [0.5, 0.6) is 0 Å². The van der Waals surface area contributed by atoms with E-state index in [0.29, 0.717) is 0 Å². The number of rotatable bonds is 2. The summed E-state index contributed by atoms with van der Waals surface area (Å²) in [6.45, 7) is 3.34. The lowest BCUT2D eigenvalue weighted by atomic mass is 9.89. The molecule has 0 aromatic heterocycles. The predicted octanol–water partition coefficient (Wildman–Crippen LogP) is 2.07. The molecule has 0 atom stereocenters. The maximum atomic E-state index is 5.35. The summed E-state index contributed by atoms with van der Waals surface area (Å²) in [4.78, 5) is 0. The highest BCUT2D eigenvalue weighted by Crippen LogP contribution is 2.25. The summed E-state index contributed by atoms with van der Waals surface area (Å²) < 4.78 is 5.35. The number of piperidine rings is 1. The first kappa shape index (κ1) is 9.07. The zero-order valence-electron chi connectivity index (χ0n) is 8.22. The first-order valence-corrected chi connectivity index (χ1v) is 5.45. The Morgan fingerprint density at radius 1 is 1.38 bits per heavy atom. The molecule has 2 heterocycles. The highest BCUT2D eigenvalue weighted by atomic mass is 16.5. The van der Waals surface area contributed by atoms with E-state index in [1.54, 1.807) is 0 Å². The van der Waals surface area contributed by atoms with Crippen LogP contribution in [0.15, 0.2) is 11.8 Å². The lowest BCUT2D eigenvalue weighted by Gasteiger charge is -2.24. The van der Waals surface area contributed by atoms with Crippen LogP contribution in [0, 0.1) is 5.92 Å². The summed E-state index contributed by atoms with van der Waals surface area (Å²) in [5.74, 6) is 0.911. The highest BCUT2D eigenvalue weighted by Gasteiger charge is 2.15. The van der Waals surface area contributed by atoms with Gasteiger partial charge in [0.15, 0.2) is 0 Å². The van der Waals surface area contributed by atoms with E-state index in [4.69, 9.17) is 4.74 Å². The Kier molecular flexibility index (Phi) is 3.25. The molecule has 2 heteroatoms. The van der Waals surface area contributed by atoms with Gasteiger partial charge in [-0.3, -0.25) is 0 Å². The van der Waals surface area contributed by atoms with Crippen LogP contribution in [0.1, 0.15) is 32.1 Å². The second-order valence-electron chi connectivity index (χ2n) is 4.15. The maximum absolute atomic E-state index is 5.35. The Balaban J connectivity index is 1.78. The summed E-state index contributed by atoms with van der Waals surface area (Å²) in [6.07, 6.45) is 8.46. The van der Waals surface area contributed by atoms with Crippen LogP contribution in [0.4, 0.5) is 0 Å². The van der Waals surface area contributed by atoms with Crippen molar-refractivity contribution in [1.29, 1.82) is 0 Å². The van der Waals surface area contributed by atoms with Crippen LogP contribution in [-0.4, -0.2) is 19.7 Å². The first-order chi connectivity index (χ1) is 6.45. The van der Waals surface area contributed by atoms with Gasteiger partial charge in [-0.2, -0.15) is 0 Å². The molecule has 2 nitrogen and oxygen atoms in total. The van der Waals surface area contributed by atoms with Gasteiger partial charge in [0.1, 0.15) is 0 Å². The molecule has 2 aliphatic rings. The molecule has 0 bridgehead atoms. The van der Waals surface area contributed by atoms with Crippen LogP contribution in [0.25, 0.3) is 0 Å². The standard InChI is InChI=1S/C11H19NO/c1-2-11(9-13-7-1)8-10-3-5-12-6-4-10/h9-10,12H,1-8H2. The summed E-state index contributed by atoms with van der Waals surface area (Å²) in [7, 11) is 0. The molecule has 0 aromatic carbocycles. The van der Waals surface area contributed by atoms with Gasteiger partial charge in [0.25, 0.3) is 0 Å². The van der Waals surface area contributed by atoms with Gasteiger partial charge < -0.3 is 10.1 Å². The van der Waals surface area contributed by atoms with Crippen molar-refractivity contribution < 1.29 is 4.74 Å². The summed E-state index contributed by atoms with van der Waals surface area (Å²) in [5, 5.41) is 3.40. The van der Waals surface area contributed by atoms with E-state index < -0.39 is 0 Å². The van der Waals surface area contributed by atoms with Crippen LogP contribution in [-0.2, 0) is 4.74 Å². The first-order valence-electron chi connectivity index (χ1n) is 5.45. The molecule has 0 radical (unpaired) electrons. The zero-order valence-corrected chi connectivity index (χ0v) is 8.22. The van der Waals surface area contributed by atoms with Crippen LogP contribution < -0.4 is 5.32 Å². The molecular formula is C11H19NO. The second-order valence-corrected chi connectivity index (χ2v) is 4.15. The van der Waals surface area contributed by atoms with Gasteiger partial charge in [0.05, 0.1) is 12.9 Å². The van der Waals surface area contributed by atoms with Gasteiger partial charge >= 0.3 is 0 Å². The minimum atomic E-state index is 0.911. The largest absolute Gasteiger partial charge is 0.501 e. The monoisotopic (exact) mass is 181 g/mol. The van der Waals surface area contributed by atoms with E-state index >= 15 is 0 Å². The molecule has 0 unspecified atom stereocenters. The SMILES string of the molecule is C1=C(CC2CCNCC2)CCCO1. The van der Waals surface area contributed by atoms with E-state index in [9.17, 15) is 0 Å². The van der Waals surface area contributed by atoms with Gasteiger partial charge in [-0.1, -0.05) is 0 Å². The van der Waals surface area contributed by atoms with Gasteiger partial charge in [-0.05, 0) is 56.7 Å². The fraction of sp³-hybridized carbons (Fsp3) is 0.818. The second kappa shape index (κ2) is 4.66. The quantitative estimate of drug-likeness (QED) is 0.704. The maximum Gasteiger partial charge on any atom is 0.0876 e. The van der Waals surface area contributed by atoms with E-state index in [-0.39, 0.29) is 0 Å². The molecule has 0 amide bonds. The molecule has 0 aliphatic carbocycles. The van der Waals surface area contributed by atoms with E-state index in [1.807, 2.05) is 6.26 Å². The number of hydrogen-bond acceptors (Lipinski definition) is 2. The van der Waals surface area contributed by atoms with Gasteiger partial charge in [-0.15, -0.1) is 0 Å². The lowest BCUT2D eigenvalue weighted by molar-refractivity contribution is 0.218. The highest BCUT2D eigenvalue weighted by molar-refractivity contribution is 5.01. The van der Waals surface area contributed by atoms with Gasteiger partial charge in [0, 0.05) is 0 Å². The Morgan fingerprint density at radius 2 is 2.23 bits per heavy atom. The molecule has 1 fully saturated rings. The Bertz CT molecular complexity index is 183. The molecule has 1 saturated heterocycles. The van der Waals surface area contributed by atoms with E-state index in [2.05, 4.69) is 5.32 Å². The van der Waals surface area contributed by atoms with Crippen molar-refractivity contribution in [3.8, 4) is 0 Å². The molecule has 74 valence electrons. The average molecular weight is 181 g/mol. The minimum Gasteiger partial charge on any atom is -0.501 e. The molecule has 0 spiro atoms. The third-order valence-corrected chi connectivity index (χ3v) is 3.02. The lowest BCUT2D eigenvalue weighted by Crippen LogP contribution is -2.28. The van der Waals surface area contributed by atoms with Crippen molar-refractivity contribution in [1.82, 2.24) is 5.32 Å². The van der Waals surface area contributed by atoms with Crippen LogP contribution in [0.2, 0.25) is 0 Å². The van der Waals surface area contributed by atoms with Crippen LogP contribution in [0.3, 0.4) is 0 Å². The number of allylic oxidation sites excluding steroid dienone is 1. The molecular weight excluding hydrogens is 162 g/mol. The van der Waals surface area contributed by atoms with Crippen molar-refractivity contribution >= 4 is 0 Å². The summed E-state index contributed by atoms with van der Waals surface area (Å²) in [6, 6.07) is 0. The molecule has 1 N–H and O–H groups in total. The molecule has 0 saturated carbocycles. The Labute approximate surface area is 80.4 Å². The number of hydrogen-bond donors (Lipinski definition) is 1. The number of nitrogens with one attached hydrogen (secondary N) is 1. The fourth-order valence-electron chi connectivity index (χ4n) is 2.23. The third-order valence-electron chi connectivity index (χ3n) is 3.02. The van der Waals surface area contributed by atoms with Crippen molar-refractivity contribution in [2.24, 2.45) is 5.92 Å². The number of ether oxygens (including phenoxy) is 1. The molecule has 2 rings (SSSR count). The summed E-state index contributed by atoms with van der Waals surface area (Å²) >= 11 is 0. The molecule has 13 heavy (non-hydrogen) atoms. The van der Waals surface area contributed by atoms with E-state index in [1.165, 1.54) is 50.8 Å². The average Bonchev–Trinajstić information content (AvgIpc) is 2.21. The predicted molar refractivity (Wildman–Crippen MR) is 53.5 cm³/mol. The molecule has 0 aromatic rings. The smallest absolute Gasteiger partial charge is 0.0876 e. The van der Waals surface area contributed by atoms with Crippen molar-refractivity contribution in [2.45, 2.75) is 32.1 Å². The fourth-order valence-corrected chi connectivity index (χ4v) is 2.23.